The second kappa shape index (κ2) is 5.58. The van der Waals surface area contributed by atoms with Crippen LogP contribution in [-0.4, -0.2) is 21.9 Å². The van der Waals surface area contributed by atoms with Crippen molar-refractivity contribution in [2.75, 3.05) is 10.6 Å². The van der Waals surface area contributed by atoms with Crippen molar-refractivity contribution in [3.63, 3.8) is 0 Å². The van der Waals surface area contributed by atoms with Crippen molar-refractivity contribution in [3.05, 3.63) is 35.9 Å². The molecule has 0 spiro atoms. The third-order valence-electron chi connectivity index (χ3n) is 5.97. The Labute approximate surface area is 157 Å². The summed E-state index contributed by atoms with van der Waals surface area (Å²) in [4.78, 5) is 21.4. The Kier molecular flexibility index (Phi) is 3.38. The normalized spacial score (nSPS) is 28.3. The van der Waals surface area contributed by atoms with E-state index >= 15 is 0 Å². The van der Waals surface area contributed by atoms with Crippen LogP contribution < -0.4 is 16.0 Å². The number of anilines is 2. The molecule has 2 aromatic rings. The van der Waals surface area contributed by atoms with Gasteiger partial charge in [0.05, 0.1) is 11.7 Å². The Hall–Kier alpha value is -2.83. The lowest BCUT2D eigenvalue weighted by atomic mass is 9.76. The molecule has 2 aliphatic carbocycles. The summed E-state index contributed by atoms with van der Waals surface area (Å²) in [6, 6.07) is 2.28. The molecule has 2 fully saturated rings. The van der Waals surface area contributed by atoms with Crippen LogP contribution in [0.5, 0.6) is 0 Å². The van der Waals surface area contributed by atoms with E-state index in [1.54, 1.807) is 6.26 Å². The maximum atomic E-state index is 12.2. The lowest BCUT2D eigenvalue weighted by Crippen LogP contribution is -2.28. The fourth-order valence-corrected chi connectivity index (χ4v) is 3.89. The molecule has 3 unspecified atom stereocenters. The summed E-state index contributed by atoms with van der Waals surface area (Å²) in [5.74, 6) is 2.17. The smallest absolute Gasteiger partial charge is 0.230 e. The molecule has 140 valence electrons. The van der Waals surface area contributed by atoms with Crippen LogP contribution in [0.4, 0.5) is 11.8 Å². The van der Waals surface area contributed by atoms with E-state index in [9.17, 15) is 4.79 Å². The topological polar surface area (TPSA) is 92.1 Å². The van der Waals surface area contributed by atoms with Crippen molar-refractivity contribution in [2.24, 2.45) is 17.3 Å². The molecule has 3 aliphatic rings. The van der Waals surface area contributed by atoms with Gasteiger partial charge in [-0.1, -0.05) is 26.8 Å². The van der Waals surface area contributed by atoms with Crippen LogP contribution in [0.2, 0.25) is 0 Å². The highest BCUT2D eigenvalue weighted by molar-refractivity contribution is 5.88. The van der Waals surface area contributed by atoms with Gasteiger partial charge >= 0.3 is 0 Å². The van der Waals surface area contributed by atoms with E-state index in [0.29, 0.717) is 23.5 Å². The van der Waals surface area contributed by atoms with Crippen LogP contribution in [0.3, 0.4) is 0 Å². The van der Waals surface area contributed by atoms with Gasteiger partial charge < -0.3 is 20.4 Å². The van der Waals surface area contributed by atoms with Gasteiger partial charge in [0.1, 0.15) is 5.52 Å². The minimum atomic E-state index is -0.377. The quantitative estimate of drug-likeness (QED) is 0.769. The first kappa shape index (κ1) is 16.4. The Bertz CT molecular complexity index is 1000. The lowest BCUT2D eigenvalue weighted by Gasteiger charge is -2.25. The Morgan fingerprint density at radius 2 is 2.15 bits per heavy atom. The van der Waals surface area contributed by atoms with Crippen molar-refractivity contribution >= 4 is 28.8 Å². The molecule has 1 amide bonds. The number of hydrogen-bond donors (Lipinski definition) is 3. The Morgan fingerprint density at radius 3 is 2.93 bits per heavy atom. The number of carbonyl (C=O) groups excluding carboxylic acids is 1. The molecule has 3 heterocycles. The number of nitrogens with zero attached hydrogens (tertiary/aromatic N) is 2. The molecule has 7 heteroatoms. The molecular formula is C20H23N5O2. The van der Waals surface area contributed by atoms with E-state index in [0.717, 1.165) is 35.6 Å². The third-order valence-corrected chi connectivity index (χ3v) is 5.97. The average Bonchev–Trinajstić information content (AvgIpc) is 3.02. The van der Waals surface area contributed by atoms with Gasteiger partial charge in [0.15, 0.2) is 11.4 Å². The molecule has 0 aromatic carbocycles. The highest BCUT2D eigenvalue weighted by Crippen LogP contribution is 2.42. The van der Waals surface area contributed by atoms with Gasteiger partial charge in [-0.25, -0.2) is 4.98 Å². The highest BCUT2D eigenvalue weighted by atomic mass is 16.3. The van der Waals surface area contributed by atoms with E-state index in [4.69, 9.17) is 4.42 Å². The second-order valence-corrected chi connectivity index (χ2v) is 8.34. The van der Waals surface area contributed by atoms with Crippen LogP contribution in [0.15, 0.2) is 40.3 Å². The number of rotatable bonds is 4. The largest absolute Gasteiger partial charge is 0.459 e. The predicted octanol–water partition coefficient (Wildman–Crippen LogP) is 3.40. The standard InChI is InChI=1S/C20H23N5O2/c1-10-8-14(10)22-17-16-13(6-7-27-16)24-19(25-17)21-11-4-5-12-15(9-11)23-18(26)20(12,2)3/h4,6-7,9-10,12,14H,5,8H2,1-3H3,(H,23,26)(H2,21,22,24,25). The van der Waals surface area contributed by atoms with Gasteiger partial charge in [-0.05, 0) is 24.8 Å². The summed E-state index contributed by atoms with van der Waals surface area (Å²) >= 11 is 0. The molecule has 7 nitrogen and oxygen atoms in total. The Balaban J connectivity index is 1.41. The molecule has 1 aliphatic heterocycles. The summed E-state index contributed by atoms with van der Waals surface area (Å²) in [5, 5.41) is 9.75. The number of carbonyl (C=O) groups is 1. The SMILES string of the molecule is CC1CC1Nc1nc(NC2=CCC3C(=C2)NC(=O)C3(C)C)nc2ccoc12. The van der Waals surface area contributed by atoms with Gasteiger partial charge in [0.2, 0.25) is 11.9 Å². The maximum Gasteiger partial charge on any atom is 0.230 e. The summed E-state index contributed by atoms with van der Waals surface area (Å²) in [6.45, 7) is 6.20. The molecule has 3 N–H and O–H groups in total. The van der Waals surface area contributed by atoms with Gasteiger partial charge in [0, 0.05) is 29.4 Å². The maximum absolute atomic E-state index is 12.2. The number of allylic oxidation sites excluding steroid dienone is 3. The first-order valence-electron chi connectivity index (χ1n) is 9.44. The molecule has 1 saturated carbocycles. The third kappa shape index (κ3) is 2.69. The molecule has 5 rings (SSSR count). The zero-order valence-electron chi connectivity index (χ0n) is 15.7. The lowest BCUT2D eigenvalue weighted by molar-refractivity contribution is -0.127. The molecular weight excluding hydrogens is 342 g/mol. The van der Waals surface area contributed by atoms with Gasteiger partial charge in [0.25, 0.3) is 0 Å². The molecule has 0 bridgehead atoms. The number of hydrogen-bond acceptors (Lipinski definition) is 6. The van der Waals surface area contributed by atoms with Gasteiger partial charge in [-0.3, -0.25) is 4.79 Å². The second-order valence-electron chi connectivity index (χ2n) is 8.34. The Morgan fingerprint density at radius 1 is 1.33 bits per heavy atom. The van der Waals surface area contributed by atoms with Crippen LogP contribution >= 0.6 is 0 Å². The number of fused-ring (bicyclic) bond motifs is 2. The molecule has 27 heavy (non-hydrogen) atoms. The fourth-order valence-electron chi connectivity index (χ4n) is 3.89. The van der Waals surface area contributed by atoms with Crippen molar-refractivity contribution in [2.45, 2.75) is 39.7 Å². The molecule has 3 atom stereocenters. The minimum absolute atomic E-state index is 0.0782. The summed E-state index contributed by atoms with van der Waals surface area (Å²) in [6.07, 6.45) is 7.67. The first-order chi connectivity index (χ1) is 12.9. The van der Waals surface area contributed by atoms with E-state index in [2.05, 4.69) is 38.9 Å². The van der Waals surface area contributed by atoms with Crippen LogP contribution in [0, 0.1) is 17.3 Å². The van der Waals surface area contributed by atoms with Gasteiger partial charge in [-0.2, -0.15) is 4.98 Å². The predicted molar refractivity (Wildman–Crippen MR) is 103 cm³/mol. The van der Waals surface area contributed by atoms with Gasteiger partial charge in [-0.15, -0.1) is 0 Å². The van der Waals surface area contributed by atoms with Crippen molar-refractivity contribution in [3.8, 4) is 0 Å². The summed E-state index contributed by atoms with van der Waals surface area (Å²) < 4.78 is 5.56. The fraction of sp³-hybridized carbons (Fsp3) is 0.450. The van der Waals surface area contributed by atoms with E-state index < -0.39 is 0 Å². The highest BCUT2D eigenvalue weighted by Gasteiger charge is 2.45. The van der Waals surface area contributed by atoms with Crippen molar-refractivity contribution in [1.82, 2.24) is 15.3 Å². The van der Waals surface area contributed by atoms with E-state index in [1.165, 1.54) is 0 Å². The molecule has 2 aromatic heterocycles. The summed E-state index contributed by atoms with van der Waals surface area (Å²) in [7, 11) is 0. The van der Waals surface area contributed by atoms with Crippen LogP contribution in [0.1, 0.15) is 33.6 Å². The minimum Gasteiger partial charge on any atom is -0.459 e. The van der Waals surface area contributed by atoms with Crippen molar-refractivity contribution in [1.29, 1.82) is 0 Å². The molecule has 1 saturated heterocycles. The monoisotopic (exact) mass is 365 g/mol. The van der Waals surface area contributed by atoms with Crippen molar-refractivity contribution < 1.29 is 9.21 Å². The first-order valence-corrected chi connectivity index (χ1v) is 9.44. The average molecular weight is 365 g/mol. The molecule has 0 radical (unpaired) electrons. The zero-order chi connectivity index (χ0) is 18.8. The zero-order valence-corrected chi connectivity index (χ0v) is 15.7. The summed E-state index contributed by atoms with van der Waals surface area (Å²) in [5.41, 5.74) is 2.93. The van der Waals surface area contributed by atoms with Crippen LogP contribution in [0.25, 0.3) is 11.1 Å². The number of furan rings is 1. The van der Waals surface area contributed by atoms with E-state index in [-0.39, 0.29) is 17.2 Å². The number of aromatic nitrogens is 2. The number of nitrogens with one attached hydrogen (secondary N) is 3. The van der Waals surface area contributed by atoms with E-state index in [1.807, 2.05) is 26.0 Å². The van der Waals surface area contributed by atoms with Crippen LogP contribution in [-0.2, 0) is 4.79 Å². The number of amides is 1.